The molecule has 0 radical (unpaired) electrons. The Kier molecular flexibility index (Phi) is 5.68. The molecule has 0 spiro atoms. The number of fused-ring (bicyclic) bond motifs is 2. The van der Waals surface area contributed by atoms with Crippen LogP contribution in [0.4, 0.5) is 10.2 Å². The van der Waals surface area contributed by atoms with E-state index >= 15 is 4.39 Å². The second kappa shape index (κ2) is 9.49. The van der Waals surface area contributed by atoms with Crippen molar-refractivity contribution in [1.82, 2.24) is 24.1 Å². The van der Waals surface area contributed by atoms with Crippen LogP contribution < -0.4 is 16.0 Å². The minimum Gasteiger partial charge on any atom is -0.487 e. The van der Waals surface area contributed by atoms with Gasteiger partial charge in [-0.05, 0) is 73.9 Å². The van der Waals surface area contributed by atoms with Gasteiger partial charge in [-0.15, -0.1) is 11.3 Å². The van der Waals surface area contributed by atoms with Crippen molar-refractivity contribution in [1.29, 1.82) is 0 Å². The maximum Gasteiger partial charge on any atom is 0.264 e. The summed E-state index contributed by atoms with van der Waals surface area (Å²) in [6.45, 7) is 1.95. The molecule has 0 aliphatic heterocycles. The molecule has 8 nitrogen and oxygen atoms in total. The van der Waals surface area contributed by atoms with Crippen LogP contribution in [-0.4, -0.2) is 30.3 Å². The topological polar surface area (TPSA) is 100 Å². The number of nitrogens with two attached hydrogens (primary N) is 1. The van der Waals surface area contributed by atoms with Crippen molar-refractivity contribution < 1.29 is 9.13 Å². The highest BCUT2D eigenvalue weighted by atomic mass is 32.1. The van der Waals surface area contributed by atoms with Gasteiger partial charge in [0, 0.05) is 16.6 Å². The molecule has 6 aromatic rings. The summed E-state index contributed by atoms with van der Waals surface area (Å²) < 4.78 is 24.6. The van der Waals surface area contributed by atoms with Crippen molar-refractivity contribution in [3.8, 4) is 28.1 Å². The van der Waals surface area contributed by atoms with Crippen LogP contribution >= 0.6 is 11.3 Å². The lowest BCUT2D eigenvalue weighted by molar-refractivity contribution is 0.287. The van der Waals surface area contributed by atoms with Gasteiger partial charge in [0.2, 0.25) is 0 Å². The minimum absolute atomic E-state index is 0.0581. The van der Waals surface area contributed by atoms with E-state index < -0.39 is 5.82 Å². The molecule has 4 aromatic heterocycles. The van der Waals surface area contributed by atoms with Gasteiger partial charge in [0.05, 0.1) is 23.1 Å². The summed E-state index contributed by atoms with van der Waals surface area (Å²) in [5.74, 6) is 0.294. The third kappa shape index (κ3) is 4.08. The molecule has 0 bridgehead atoms. The number of anilines is 1. The first-order valence-electron chi connectivity index (χ1n) is 14.1. The quantitative estimate of drug-likeness (QED) is 0.235. The van der Waals surface area contributed by atoms with Gasteiger partial charge in [-0.2, -0.15) is 5.10 Å². The number of aryl methyl sites for hydroxylation is 1. The fourth-order valence-electron chi connectivity index (χ4n) is 5.85. The number of hydrogen-bond acceptors (Lipinski definition) is 7. The number of nitrogen functional groups attached to an aromatic ring is 1. The van der Waals surface area contributed by atoms with Crippen LogP contribution in [-0.2, 0) is 0 Å². The zero-order valence-corrected chi connectivity index (χ0v) is 23.6. The fraction of sp³-hybridized carbons (Fsp3) is 0.250. The summed E-state index contributed by atoms with van der Waals surface area (Å²) in [7, 11) is 0. The molecule has 4 heterocycles. The molecule has 8 rings (SSSR count). The summed E-state index contributed by atoms with van der Waals surface area (Å²) in [5.41, 5.74) is 11.3. The maximum absolute atomic E-state index is 15.2. The van der Waals surface area contributed by atoms with E-state index in [9.17, 15) is 4.79 Å². The third-order valence-corrected chi connectivity index (χ3v) is 9.16. The molecular weight excluding hydrogens is 551 g/mol. The lowest BCUT2D eigenvalue weighted by atomic mass is 9.93. The molecule has 10 heteroatoms. The second-order valence-electron chi connectivity index (χ2n) is 11.2. The lowest BCUT2D eigenvalue weighted by Gasteiger charge is -2.22. The monoisotopic (exact) mass is 578 g/mol. The number of nitrogens with zero attached hydrogens (tertiary/aromatic N) is 5. The maximum atomic E-state index is 15.2. The number of halogens is 1. The second-order valence-corrected chi connectivity index (χ2v) is 12.1. The van der Waals surface area contributed by atoms with E-state index in [1.54, 1.807) is 27.9 Å². The zero-order valence-electron chi connectivity index (χ0n) is 22.8. The molecule has 2 saturated carbocycles. The summed E-state index contributed by atoms with van der Waals surface area (Å²) >= 11 is 1.54. The van der Waals surface area contributed by atoms with E-state index in [2.05, 4.69) is 16.0 Å². The Morgan fingerprint density at radius 3 is 2.60 bits per heavy atom. The zero-order chi connectivity index (χ0) is 28.5. The standard InChI is InChI=1S/C32H27FN6O2S/c1-17-15-42-25-14-22(26(32(40)38(17)25)18-5-3-2-4-6-18)29(19-7-8-19)39-31-27(30(34)35-16-36-31)28(37-39)20-9-12-24(23(33)13-20)41-21-10-11-21/h2-6,9,12-16,19,21,29H,7-8,10-11H2,1H3,(H2,34,35,36)/t29-/m0/s1. The Bertz CT molecular complexity index is 2060. The van der Waals surface area contributed by atoms with Gasteiger partial charge in [-0.25, -0.2) is 19.0 Å². The van der Waals surface area contributed by atoms with Gasteiger partial charge in [-0.3, -0.25) is 9.20 Å². The number of pyridine rings is 1. The van der Waals surface area contributed by atoms with Gasteiger partial charge in [-0.1, -0.05) is 30.3 Å². The number of thiazole rings is 1. The number of rotatable bonds is 7. The average Bonchev–Trinajstić information content (AvgIpc) is 3.92. The van der Waals surface area contributed by atoms with Crippen LogP contribution in [0.5, 0.6) is 5.75 Å². The van der Waals surface area contributed by atoms with Crippen LogP contribution in [0.2, 0.25) is 0 Å². The first kappa shape index (κ1) is 25.2. The molecule has 210 valence electrons. The van der Waals surface area contributed by atoms with E-state index in [1.807, 2.05) is 47.3 Å². The van der Waals surface area contributed by atoms with Crippen molar-refractivity contribution in [3.05, 3.63) is 93.7 Å². The number of hydrogen-bond donors (Lipinski definition) is 1. The number of aromatic nitrogens is 5. The van der Waals surface area contributed by atoms with Gasteiger partial charge in [0.15, 0.2) is 17.2 Å². The minimum atomic E-state index is -0.450. The van der Waals surface area contributed by atoms with E-state index in [0.29, 0.717) is 27.9 Å². The molecule has 2 N–H and O–H groups in total. The summed E-state index contributed by atoms with van der Waals surface area (Å²) in [4.78, 5) is 23.9. The van der Waals surface area contributed by atoms with Crippen molar-refractivity contribution in [2.45, 2.75) is 44.8 Å². The number of benzene rings is 2. The highest BCUT2D eigenvalue weighted by molar-refractivity contribution is 7.15. The molecule has 0 amide bonds. The molecule has 2 fully saturated rings. The van der Waals surface area contributed by atoms with E-state index in [1.165, 1.54) is 12.4 Å². The molecule has 2 aliphatic rings. The Labute approximate surface area is 244 Å². The van der Waals surface area contributed by atoms with Gasteiger partial charge in [0.25, 0.3) is 5.56 Å². The Morgan fingerprint density at radius 2 is 1.86 bits per heavy atom. The van der Waals surface area contributed by atoms with Crippen molar-refractivity contribution in [3.63, 3.8) is 0 Å². The normalized spacial score (nSPS) is 15.9. The van der Waals surface area contributed by atoms with Gasteiger partial charge < -0.3 is 10.5 Å². The van der Waals surface area contributed by atoms with Crippen LogP contribution in [0.3, 0.4) is 0 Å². The Balaban J connectivity index is 1.37. The summed E-state index contributed by atoms with van der Waals surface area (Å²) in [5, 5.41) is 7.63. The molecule has 1 atom stereocenters. The molecule has 2 aromatic carbocycles. The van der Waals surface area contributed by atoms with Gasteiger partial charge in [0.1, 0.15) is 22.7 Å². The van der Waals surface area contributed by atoms with E-state index in [0.717, 1.165) is 47.3 Å². The highest BCUT2D eigenvalue weighted by Crippen LogP contribution is 2.48. The Hall–Kier alpha value is -4.57. The largest absolute Gasteiger partial charge is 0.487 e. The SMILES string of the molecule is Cc1csc2cc([C@H](C3CC3)n3nc(-c4ccc(OC5CC5)c(F)c4)c4c(N)ncnc43)c(-c3ccccc3)c(=O)n12. The smallest absolute Gasteiger partial charge is 0.264 e. The summed E-state index contributed by atoms with van der Waals surface area (Å²) in [6, 6.07) is 16.5. The van der Waals surface area contributed by atoms with Crippen molar-refractivity contribution in [2.24, 2.45) is 5.92 Å². The van der Waals surface area contributed by atoms with Gasteiger partial charge >= 0.3 is 0 Å². The lowest BCUT2D eigenvalue weighted by Crippen LogP contribution is -2.23. The van der Waals surface area contributed by atoms with E-state index in [4.69, 9.17) is 15.6 Å². The van der Waals surface area contributed by atoms with Crippen LogP contribution in [0.15, 0.2) is 71.1 Å². The number of ether oxygens (including phenoxy) is 1. The highest BCUT2D eigenvalue weighted by Gasteiger charge is 2.39. The van der Waals surface area contributed by atoms with Crippen molar-refractivity contribution in [2.75, 3.05) is 5.73 Å². The Morgan fingerprint density at radius 1 is 1.05 bits per heavy atom. The molecule has 42 heavy (non-hydrogen) atoms. The fourth-order valence-corrected chi connectivity index (χ4v) is 6.77. The predicted molar refractivity (Wildman–Crippen MR) is 161 cm³/mol. The molecular formula is C32H27FN6O2S. The van der Waals surface area contributed by atoms with Crippen LogP contribution in [0.1, 0.15) is 43.0 Å². The molecule has 2 aliphatic carbocycles. The molecule has 0 unspecified atom stereocenters. The van der Waals surface area contributed by atoms with Crippen LogP contribution in [0, 0.1) is 18.7 Å². The summed E-state index contributed by atoms with van der Waals surface area (Å²) in [6.07, 6.45) is 5.37. The third-order valence-electron chi connectivity index (χ3n) is 8.16. The average molecular weight is 579 g/mol. The van der Waals surface area contributed by atoms with Crippen LogP contribution in [0.25, 0.3) is 38.2 Å². The first-order chi connectivity index (χ1) is 20.5. The molecule has 0 saturated heterocycles. The van der Waals surface area contributed by atoms with Crippen molar-refractivity contribution >= 4 is 33.0 Å². The van der Waals surface area contributed by atoms with E-state index in [-0.39, 0.29) is 35.2 Å². The first-order valence-corrected chi connectivity index (χ1v) is 15.0. The predicted octanol–water partition coefficient (Wildman–Crippen LogP) is 6.41.